The first kappa shape index (κ1) is 11.6. The van der Waals surface area contributed by atoms with Crippen molar-refractivity contribution in [3.05, 3.63) is 40.7 Å². The number of benzene rings is 1. The molecular weight excluding hydrogens is 240 g/mol. The van der Waals surface area contributed by atoms with Crippen LogP contribution in [0.15, 0.2) is 34.6 Å². The second-order valence-corrected chi connectivity index (χ2v) is 5.20. The van der Waals surface area contributed by atoms with Crippen LogP contribution >= 0.6 is 23.4 Å². The van der Waals surface area contributed by atoms with E-state index < -0.39 is 0 Å². The average Bonchev–Trinajstić information content (AvgIpc) is 2.57. The van der Waals surface area contributed by atoms with Crippen molar-refractivity contribution in [3.63, 3.8) is 0 Å². The third kappa shape index (κ3) is 2.25. The molecule has 2 nitrogen and oxygen atoms in total. The molecule has 2 rings (SSSR count). The zero-order chi connectivity index (χ0) is 11.7. The molecule has 16 heavy (non-hydrogen) atoms. The molecular formula is C12H13ClN2S. The third-order valence-corrected chi connectivity index (χ3v) is 4.08. The monoisotopic (exact) mass is 252 g/mol. The number of hydrogen-bond donors (Lipinski definition) is 0. The maximum atomic E-state index is 6.25. The van der Waals surface area contributed by atoms with E-state index in [1.807, 2.05) is 30.8 Å². The predicted octanol–water partition coefficient (Wildman–Crippen LogP) is 3.84. The highest BCUT2D eigenvalue weighted by Gasteiger charge is 2.09. The van der Waals surface area contributed by atoms with Crippen molar-refractivity contribution < 1.29 is 0 Å². The van der Waals surface area contributed by atoms with Gasteiger partial charge in [0.1, 0.15) is 0 Å². The minimum absolute atomic E-state index is 0.797. The first-order chi connectivity index (χ1) is 7.58. The number of aryl methyl sites for hydroxylation is 3. The van der Waals surface area contributed by atoms with Crippen molar-refractivity contribution in [1.29, 1.82) is 0 Å². The lowest BCUT2D eigenvalue weighted by molar-refractivity contribution is 0.790. The zero-order valence-corrected chi connectivity index (χ0v) is 11.1. The van der Waals surface area contributed by atoms with Crippen LogP contribution in [0.5, 0.6) is 0 Å². The topological polar surface area (TPSA) is 17.8 Å². The molecule has 0 unspecified atom stereocenters. The average molecular weight is 253 g/mol. The van der Waals surface area contributed by atoms with Crippen molar-refractivity contribution >= 4 is 23.4 Å². The van der Waals surface area contributed by atoms with Crippen molar-refractivity contribution in [3.8, 4) is 0 Å². The molecule has 0 spiro atoms. The van der Waals surface area contributed by atoms with E-state index in [1.54, 1.807) is 18.0 Å². The first-order valence-corrected chi connectivity index (χ1v) is 6.19. The van der Waals surface area contributed by atoms with Crippen molar-refractivity contribution in [1.82, 2.24) is 9.55 Å². The number of rotatable bonds is 2. The normalized spacial score (nSPS) is 10.8. The van der Waals surface area contributed by atoms with Crippen LogP contribution in [-0.4, -0.2) is 9.55 Å². The Morgan fingerprint density at radius 2 is 2.06 bits per heavy atom. The summed E-state index contributed by atoms with van der Waals surface area (Å²) in [5, 5.41) is 1.75. The Hall–Kier alpha value is -0.930. The lowest BCUT2D eigenvalue weighted by Crippen LogP contribution is -1.91. The van der Waals surface area contributed by atoms with Crippen LogP contribution in [-0.2, 0) is 7.05 Å². The van der Waals surface area contributed by atoms with E-state index in [-0.39, 0.29) is 0 Å². The highest BCUT2D eigenvalue weighted by molar-refractivity contribution is 7.99. The van der Waals surface area contributed by atoms with Crippen molar-refractivity contribution in [2.75, 3.05) is 0 Å². The molecule has 0 atom stereocenters. The summed E-state index contributed by atoms with van der Waals surface area (Å²) in [4.78, 5) is 5.37. The van der Waals surface area contributed by atoms with Gasteiger partial charge in [-0.25, -0.2) is 4.98 Å². The fourth-order valence-corrected chi connectivity index (χ4v) is 2.89. The maximum absolute atomic E-state index is 6.25. The van der Waals surface area contributed by atoms with E-state index in [2.05, 4.69) is 18.0 Å². The van der Waals surface area contributed by atoms with Crippen LogP contribution in [0.1, 0.15) is 11.1 Å². The van der Waals surface area contributed by atoms with Gasteiger partial charge in [-0.2, -0.15) is 0 Å². The zero-order valence-electron chi connectivity index (χ0n) is 9.49. The number of hydrogen-bond acceptors (Lipinski definition) is 2. The molecule has 0 bridgehead atoms. The van der Waals surface area contributed by atoms with Gasteiger partial charge in [0.15, 0.2) is 5.16 Å². The fourth-order valence-electron chi connectivity index (χ4n) is 1.57. The van der Waals surface area contributed by atoms with Gasteiger partial charge in [-0.05, 0) is 42.8 Å². The van der Waals surface area contributed by atoms with Gasteiger partial charge in [0.05, 0.1) is 5.02 Å². The molecule has 0 aliphatic rings. The molecule has 0 N–H and O–H groups in total. The Balaban J connectivity index is 2.39. The summed E-state index contributed by atoms with van der Waals surface area (Å²) >= 11 is 7.85. The summed E-state index contributed by atoms with van der Waals surface area (Å²) < 4.78 is 1.99. The number of halogens is 1. The SMILES string of the molecule is Cc1cc(C)c(Sc2nccn2C)c(Cl)c1. The van der Waals surface area contributed by atoms with Gasteiger partial charge in [-0.15, -0.1) is 0 Å². The molecule has 0 aliphatic carbocycles. The van der Waals surface area contributed by atoms with Crippen LogP contribution < -0.4 is 0 Å². The number of aromatic nitrogens is 2. The number of nitrogens with zero attached hydrogens (tertiary/aromatic N) is 2. The minimum atomic E-state index is 0.797. The summed E-state index contributed by atoms with van der Waals surface area (Å²) in [5.41, 5.74) is 2.38. The second kappa shape index (κ2) is 4.52. The highest BCUT2D eigenvalue weighted by Crippen LogP contribution is 2.35. The summed E-state index contributed by atoms with van der Waals surface area (Å²) in [7, 11) is 1.98. The molecule has 1 aromatic carbocycles. The minimum Gasteiger partial charge on any atom is -0.329 e. The van der Waals surface area contributed by atoms with E-state index in [1.165, 1.54) is 11.1 Å². The van der Waals surface area contributed by atoms with Crippen LogP contribution in [0.4, 0.5) is 0 Å². The standard InChI is InChI=1S/C12H13ClN2S/c1-8-6-9(2)11(10(13)7-8)16-12-14-4-5-15(12)3/h4-7H,1-3H3. The van der Waals surface area contributed by atoms with E-state index in [4.69, 9.17) is 11.6 Å². The Morgan fingerprint density at radius 1 is 1.31 bits per heavy atom. The molecule has 4 heteroatoms. The van der Waals surface area contributed by atoms with Gasteiger partial charge < -0.3 is 4.57 Å². The predicted molar refractivity (Wildman–Crippen MR) is 68.3 cm³/mol. The van der Waals surface area contributed by atoms with Crippen molar-refractivity contribution in [2.24, 2.45) is 7.05 Å². The molecule has 0 aliphatic heterocycles. The van der Waals surface area contributed by atoms with Crippen LogP contribution in [0.2, 0.25) is 5.02 Å². The molecule has 1 heterocycles. The smallest absolute Gasteiger partial charge is 0.172 e. The summed E-state index contributed by atoms with van der Waals surface area (Å²) in [6, 6.07) is 4.12. The van der Waals surface area contributed by atoms with E-state index in [0.29, 0.717) is 0 Å². The lowest BCUT2D eigenvalue weighted by Gasteiger charge is -2.08. The van der Waals surface area contributed by atoms with Crippen molar-refractivity contribution in [2.45, 2.75) is 23.9 Å². The van der Waals surface area contributed by atoms with Gasteiger partial charge in [0.25, 0.3) is 0 Å². The largest absolute Gasteiger partial charge is 0.329 e. The molecule has 0 saturated carbocycles. The summed E-state index contributed by atoms with van der Waals surface area (Å²) in [6.45, 7) is 4.12. The van der Waals surface area contributed by atoms with Gasteiger partial charge in [0.2, 0.25) is 0 Å². The fraction of sp³-hybridized carbons (Fsp3) is 0.250. The summed E-state index contributed by atoms with van der Waals surface area (Å²) in [5.74, 6) is 0. The Kier molecular flexibility index (Phi) is 3.26. The second-order valence-electron chi connectivity index (χ2n) is 3.82. The molecule has 0 fully saturated rings. The molecule has 2 aromatic rings. The molecule has 0 radical (unpaired) electrons. The van der Waals surface area contributed by atoms with Gasteiger partial charge >= 0.3 is 0 Å². The van der Waals surface area contributed by atoms with Crippen LogP contribution in [0, 0.1) is 13.8 Å². The Bertz CT molecular complexity index is 496. The number of imidazole rings is 1. The van der Waals surface area contributed by atoms with Gasteiger partial charge in [0, 0.05) is 24.3 Å². The quantitative estimate of drug-likeness (QED) is 0.808. The van der Waals surface area contributed by atoms with Crippen LogP contribution in [0.3, 0.4) is 0 Å². The van der Waals surface area contributed by atoms with E-state index >= 15 is 0 Å². The first-order valence-electron chi connectivity index (χ1n) is 5.00. The van der Waals surface area contributed by atoms with Crippen LogP contribution in [0.25, 0.3) is 0 Å². The van der Waals surface area contributed by atoms with E-state index in [0.717, 1.165) is 15.1 Å². The van der Waals surface area contributed by atoms with Gasteiger partial charge in [-0.1, -0.05) is 17.7 Å². The Morgan fingerprint density at radius 3 is 2.62 bits per heavy atom. The molecule has 1 aromatic heterocycles. The molecule has 0 saturated heterocycles. The third-order valence-electron chi connectivity index (χ3n) is 2.34. The molecule has 84 valence electrons. The molecule has 0 amide bonds. The lowest BCUT2D eigenvalue weighted by atomic mass is 10.2. The summed E-state index contributed by atoms with van der Waals surface area (Å²) in [6.07, 6.45) is 3.72. The highest BCUT2D eigenvalue weighted by atomic mass is 35.5. The Labute approximate surface area is 105 Å². The van der Waals surface area contributed by atoms with Gasteiger partial charge in [-0.3, -0.25) is 0 Å². The van der Waals surface area contributed by atoms with E-state index in [9.17, 15) is 0 Å². The maximum Gasteiger partial charge on any atom is 0.172 e.